The van der Waals surface area contributed by atoms with E-state index in [-0.39, 0.29) is 17.5 Å². The van der Waals surface area contributed by atoms with E-state index >= 15 is 0 Å². The second kappa shape index (κ2) is 5.55. The first-order chi connectivity index (χ1) is 8.49. The Balaban J connectivity index is 1.85. The average molecular weight is 255 g/mol. The lowest BCUT2D eigenvalue weighted by atomic mass is 9.99. The van der Waals surface area contributed by atoms with Gasteiger partial charge < -0.3 is 15.0 Å². The summed E-state index contributed by atoms with van der Waals surface area (Å²) >= 11 is 0. The third kappa shape index (κ3) is 3.22. The van der Waals surface area contributed by atoms with Crippen LogP contribution in [0.5, 0.6) is 0 Å². The zero-order chi connectivity index (χ0) is 13.2. The topological polar surface area (TPSA) is 44.8 Å². The summed E-state index contributed by atoms with van der Waals surface area (Å²) in [5.41, 5.74) is 0.0738. The number of hydrogen-bond acceptors (Lipinski definition) is 4. The number of morpholine rings is 1. The van der Waals surface area contributed by atoms with Crippen LogP contribution in [0.4, 0.5) is 0 Å². The normalized spacial score (nSPS) is 29.3. The van der Waals surface area contributed by atoms with Crippen molar-refractivity contribution in [3.8, 4) is 0 Å². The van der Waals surface area contributed by atoms with Crippen molar-refractivity contribution in [2.24, 2.45) is 0 Å². The number of rotatable bonds is 2. The van der Waals surface area contributed by atoms with Crippen molar-refractivity contribution < 1.29 is 9.53 Å². The number of carbonyl (C=O) groups excluding carboxylic acids is 1. The van der Waals surface area contributed by atoms with E-state index in [1.165, 1.54) is 0 Å². The molecule has 2 heterocycles. The average Bonchev–Trinajstić information content (AvgIpc) is 2.34. The summed E-state index contributed by atoms with van der Waals surface area (Å²) < 4.78 is 5.39. The molecule has 2 saturated heterocycles. The van der Waals surface area contributed by atoms with E-state index in [9.17, 15) is 4.79 Å². The molecule has 1 amide bonds. The summed E-state index contributed by atoms with van der Waals surface area (Å²) in [6, 6.07) is 0.189. The smallest absolute Gasteiger partial charge is 0.224 e. The molecule has 2 aliphatic heterocycles. The molecule has 18 heavy (non-hydrogen) atoms. The van der Waals surface area contributed by atoms with Crippen LogP contribution in [0.2, 0.25) is 0 Å². The molecule has 0 aromatic carbocycles. The molecule has 0 aliphatic carbocycles. The highest BCUT2D eigenvalue weighted by Gasteiger charge is 2.33. The summed E-state index contributed by atoms with van der Waals surface area (Å²) in [5.74, 6) is 0.249. The minimum Gasteiger partial charge on any atom is -0.378 e. The molecular weight excluding hydrogens is 230 g/mol. The van der Waals surface area contributed by atoms with Crippen LogP contribution in [0.1, 0.15) is 20.3 Å². The van der Waals surface area contributed by atoms with Gasteiger partial charge in [0.25, 0.3) is 0 Å². The van der Waals surface area contributed by atoms with Gasteiger partial charge in [-0.3, -0.25) is 9.69 Å². The lowest BCUT2D eigenvalue weighted by Crippen LogP contribution is -2.59. The van der Waals surface area contributed by atoms with Gasteiger partial charge in [0.05, 0.1) is 13.2 Å². The number of nitrogens with one attached hydrogen (secondary N) is 1. The van der Waals surface area contributed by atoms with Crippen molar-refractivity contribution in [1.29, 1.82) is 0 Å². The van der Waals surface area contributed by atoms with Crippen molar-refractivity contribution in [3.63, 3.8) is 0 Å². The summed E-state index contributed by atoms with van der Waals surface area (Å²) in [5, 5.41) is 3.34. The molecule has 1 N–H and O–H groups in total. The molecule has 0 bridgehead atoms. The van der Waals surface area contributed by atoms with Crippen LogP contribution in [0, 0.1) is 0 Å². The molecule has 1 atom stereocenters. The van der Waals surface area contributed by atoms with Crippen LogP contribution in [-0.4, -0.2) is 73.7 Å². The zero-order valence-corrected chi connectivity index (χ0v) is 11.7. The summed E-state index contributed by atoms with van der Waals surface area (Å²) in [7, 11) is 2.12. The molecule has 0 saturated carbocycles. The maximum Gasteiger partial charge on any atom is 0.224 e. The largest absolute Gasteiger partial charge is 0.378 e. The number of carbonyl (C=O) groups is 1. The second-order valence-electron chi connectivity index (χ2n) is 5.98. The van der Waals surface area contributed by atoms with Crippen LogP contribution < -0.4 is 5.32 Å². The number of piperazine rings is 1. The Morgan fingerprint density at radius 3 is 2.83 bits per heavy atom. The summed E-state index contributed by atoms with van der Waals surface area (Å²) in [4.78, 5) is 16.6. The first-order valence-corrected chi connectivity index (χ1v) is 6.79. The van der Waals surface area contributed by atoms with Crippen LogP contribution in [0.3, 0.4) is 0 Å². The van der Waals surface area contributed by atoms with Crippen LogP contribution >= 0.6 is 0 Å². The molecule has 1 unspecified atom stereocenters. The third-order valence-electron chi connectivity index (χ3n) is 4.09. The Kier molecular flexibility index (Phi) is 4.25. The fourth-order valence-corrected chi connectivity index (χ4v) is 2.54. The molecule has 0 aromatic rings. The van der Waals surface area contributed by atoms with Gasteiger partial charge in [-0.1, -0.05) is 0 Å². The molecule has 0 radical (unpaired) electrons. The SMILES string of the molecule is CN1CCN(C(=O)CC2COCCN2)CC1(C)C. The quantitative estimate of drug-likeness (QED) is 0.749. The molecule has 0 spiro atoms. The minimum absolute atomic E-state index is 0.0738. The first-order valence-electron chi connectivity index (χ1n) is 6.79. The molecule has 5 heteroatoms. The van der Waals surface area contributed by atoms with Gasteiger partial charge >= 0.3 is 0 Å². The van der Waals surface area contributed by atoms with Crippen molar-refractivity contribution >= 4 is 5.91 Å². The maximum atomic E-state index is 12.3. The van der Waals surface area contributed by atoms with Gasteiger partial charge in [-0.2, -0.15) is 0 Å². The van der Waals surface area contributed by atoms with E-state index in [1.807, 2.05) is 4.90 Å². The van der Waals surface area contributed by atoms with Crippen molar-refractivity contribution in [2.75, 3.05) is 46.4 Å². The van der Waals surface area contributed by atoms with E-state index in [1.54, 1.807) is 0 Å². The van der Waals surface area contributed by atoms with Gasteiger partial charge in [0.15, 0.2) is 0 Å². The zero-order valence-electron chi connectivity index (χ0n) is 11.7. The highest BCUT2D eigenvalue weighted by molar-refractivity contribution is 5.77. The van der Waals surface area contributed by atoms with Gasteiger partial charge in [0.2, 0.25) is 5.91 Å². The van der Waals surface area contributed by atoms with E-state index in [2.05, 4.69) is 31.1 Å². The van der Waals surface area contributed by atoms with Crippen LogP contribution in [0.15, 0.2) is 0 Å². The monoisotopic (exact) mass is 255 g/mol. The molecule has 2 rings (SSSR count). The van der Waals surface area contributed by atoms with Gasteiger partial charge in [-0.15, -0.1) is 0 Å². The van der Waals surface area contributed by atoms with E-state index < -0.39 is 0 Å². The number of hydrogen-bond donors (Lipinski definition) is 1. The van der Waals surface area contributed by atoms with Gasteiger partial charge in [0, 0.05) is 44.2 Å². The summed E-state index contributed by atoms with van der Waals surface area (Å²) in [6.45, 7) is 9.25. The first kappa shape index (κ1) is 13.8. The Morgan fingerprint density at radius 1 is 1.44 bits per heavy atom. The fourth-order valence-electron chi connectivity index (χ4n) is 2.54. The Morgan fingerprint density at radius 2 is 2.22 bits per heavy atom. The second-order valence-corrected chi connectivity index (χ2v) is 5.98. The molecule has 0 aromatic heterocycles. The van der Waals surface area contributed by atoms with E-state index in [0.717, 1.165) is 32.8 Å². The third-order valence-corrected chi connectivity index (χ3v) is 4.09. The van der Waals surface area contributed by atoms with Crippen LogP contribution in [-0.2, 0) is 9.53 Å². The Hall–Kier alpha value is -0.650. The highest BCUT2D eigenvalue weighted by Crippen LogP contribution is 2.19. The highest BCUT2D eigenvalue weighted by atomic mass is 16.5. The predicted molar refractivity (Wildman–Crippen MR) is 70.5 cm³/mol. The lowest BCUT2D eigenvalue weighted by molar-refractivity contribution is -0.137. The van der Waals surface area contributed by atoms with E-state index in [0.29, 0.717) is 13.0 Å². The molecule has 5 nitrogen and oxygen atoms in total. The number of amides is 1. The number of ether oxygens (including phenoxy) is 1. The molecule has 2 fully saturated rings. The summed E-state index contributed by atoms with van der Waals surface area (Å²) in [6.07, 6.45) is 0.555. The van der Waals surface area contributed by atoms with Gasteiger partial charge in [-0.05, 0) is 20.9 Å². The van der Waals surface area contributed by atoms with Crippen molar-refractivity contribution in [1.82, 2.24) is 15.1 Å². The Bertz CT molecular complexity index is 301. The molecule has 104 valence electrons. The molecular formula is C13H25N3O2. The maximum absolute atomic E-state index is 12.3. The van der Waals surface area contributed by atoms with Gasteiger partial charge in [-0.25, -0.2) is 0 Å². The van der Waals surface area contributed by atoms with Crippen LogP contribution in [0.25, 0.3) is 0 Å². The standard InChI is InChI=1S/C13H25N3O2/c1-13(2)10-16(6-5-15(13)3)12(17)8-11-9-18-7-4-14-11/h11,14H,4-10H2,1-3H3. The predicted octanol–water partition coefficient (Wildman–Crippen LogP) is -0.0825. The molecule has 2 aliphatic rings. The lowest BCUT2D eigenvalue weighted by Gasteiger charge is -2.45. The van der Waals surface area contributed by atoms with E-state index in [4.69, 9.17) is 4.74 Å². The van der Waals surface area contributed by atoms with Crippen molar-refractivity contribution in [3.05, 3.63) is 0 Å². The number of nitrogens with zero attached hydrogens (tertiary/aromatic N) is 2. The number of likely N-dealkylation sites (N-methyl/N-ethyl adjacent to an activating group) is 1. The van der Waals surface area contributed by atoms with Crippen molar-refractivity contribution in [2.45, 2.75) is 31.8 Å². The van der Waals surface area contributed by atoms with Gasteiger partial charge in [0.1, 0.15) is 0 Å². The fraction of sp³-hybridized carbons (Fsp3) is 0.923. The minimum atomic E-state index is 0.0738. The Labute approximate surface area is 109 Å².